The molecule has 0 bridgehead atoms. The number of ether oxygens (including phenoxy) is 1. The summed E-state index contributed by atoms with van der Waals surface area (Å²) >= 11 is 0. The first-order valence-electron chi connectivity index (χ1n) is 14.2. The number of pyridine rings is 2. The van der Waals surface area contributed by atoms with E-state index in [1.54, 1.807) is 0 Å². The minimum atomic E-state index is 0. The van der Waals surface area contributed by atoms with Gasteiger partial charge >= 0.3 is 21.1 Å². The third kappa shape index (κ3) is 4.58. The number of aromatic nitrogens is 3. The molecule has 210 valence electrons. The second-order valence-electron chi connectivity index (χ2n) is 11.8. The molecule has 8 aromatic rings. The zero-order valence-electron chi connectivity index (χ0n) is 24.0. The van der Waals surface area contributed by atoms with Crippen LogP contribution in [-0.4, -0.2) is 14.4 Å². The molecule has 0 aliphatic carbocycles. The third-order valence-corrected chi connectivity index (χ3v) is 8.01. The number of rotatable bonds is 3. The van der Waals surface area contributed by atoms with Crippen molar-refractivity contribution in [3.63, 3.8) is 0 Å². The number of para-hydroxylation sites is 3. The van der Waals surface area contributed by atoms with Gasteiger partial charge in [-0.25, -0.2) is 0 Å². The zero-order valence-corrected chi connectivity index (χ0v) is 26.2. The van der Waals surface area contributed by atoms with Crippen LogP contribution in [0.15, 0.2) is 109 Å². The predicted octanol–water partition coefficient (Wildman–Crippen LogP) is 9.70. The standard InChI is InChI=1S/C38H27N3O.Pt/c1-38(2,3)25-18-19-39-34(21-25)31-23-27(20-24-10-4-5-11-28(24)31)42-26-16-17-29-30-12-6-8-14-35(30)41-36-15-9-7-13-33(36)40-37(41)32(29)22-26;/h4-21H,1-3H3;/q-2;+2. The van der Waals surface area contributed by atoms with Crippen molar-refractivity contribution in [2.24, 2.45) is 0 Å². The number of hydrogen-bond acceptors (Lipinski definition) is 3. The van der Waals surface area contributed by atoms with Gasteiger partial charge in [-0.05, 0) is 46.3 Å². The number of imidazole rings is 1. The predicted molar refractivity (Wildman–Crippen MR) is 171 cm³/mol. The number of hydrogen-bond donors (Lipinski definition) is 0. The average Bonchev–Trinajstić information content (AvgIpc) is 3.41. The molecule has 0 N–H and O–H groups in total. The van der Waals surface area contributed by atoms with E-state index in [1.807, 2.05) is 30.5 Å². The van der Waals surface area contributed by atoms with Gasteiger partial charge in [0.25, 0.3) is 0 Å². The van der Waals surface area contributed by atoms with Crippen molar-refractivity contribution in [2.75, 3.05) is 0 Å². The normalized spacial score (nSPS) is 11.9. The fourth-order valence-corrected chi connectivity index (χ4v) is 5.90. The van der Waals surface area contributed by atoms with Crippen LogP contribution < -0.4 is 4.74 Å². The van der Waals surface area contributed by atoms with E-state index in [-0.39, 0.29) is 26.5 Å². The first-order valence-corrected chi connectivity index (χ1v) is 14.2. The van der Waals surface area contributed by atoms with Crippen molar-refractivity contribution in [3.8, 4) is 22.8 Å². The SMILES string of the molecule is CC(C)(C)c1ccnc(-c2[c-]c(Oc3[c-]c4c(cc3)c3ccccc3n3c5ccccc5nc43)cc3ccccc23)c1.[Pt+2]. The Hall–Kier alpha value is -4.53. The Morgan fingerprint density at radius 1 is 0.698 bits per heavy atom. The van der Waals surface area contributed by atoms with Crippen molar-refractivity contribution >= 4 is 49.1 Å². The van der Waals surface area contributed by atoms with Gasteiger partial charge in [-0.3, -0.25) is 4.98 Å². The fraction of sp³-hybridized carbons (Fsp3) is 0.105. The molecule has 0 saturated heterocycles. The summed E-state index contributed by atoms with van der Waals surface area (Å²) in [5, 5.41) is 5.31. The Morgan fingerprint density at radius 3 is 2.28 bits per heavy atom. The molecule has 0 fully saturated rings. The Labute approximate surface area is 264 Å². The first kappa shape index (κ1) is 27.3. The van der Waals surface area contributed by atoms with Gasteiger partial charge in [0.15, 0.2) is 0 Å². The second-order valence-corrected chi connectivity index (χ2v) is 11.8. The molecular weight excluding hydrogens is 710 g/mol. The molecule has 0 unspecified atom stereocenters. The molecule has 0 radical (unpaired) electrons. The summed E-state index contributed by atoms with van der Waals surface area (Å²) in [6.07, 6.45) is 1.88. The van der Waals surface area contributed by atoms with Gasteiger partial charge in [-0.1, -0.05) is 127 Å². The van der Waals surface area contributed by atoms with Crippen LogP contribution in [0.2, 0.25) is 0 Å². The van der Waals surface area contributed by atoms with E-state index >= 15 is 0 Å². The van der Waals surface area contributed by atoms with Gasteiger partial charge < -0.3 is 14.1 Å². The molecule has 3 aromatic heterocycles. The molecule has 0 aliphatic heterocycles. The van der Waals surface area contributed by atoms with Crippen LogP contribution in [0.1, 0.15) is 26.3 Å². The summed E-state index contributed by atoms with van der Waals surface area (Å²) in [4.78, 5) is 9.76. The molecular formula is C38H27N3OPt. The molecule has 5 aromatic carbocycles. The maximum Gasteiger partial charge on any atom is 2.00 e. The molecule has 8 rings (SSSR count). The molecule has 0 spiro atoms. The van der Waals surface area contributed by atoms with Gasteiger partial charge in [0.05, 0.1) is 16.7 Å². The molecule has 4 nitrogen and oxygen atoms in total. The maximum absolute atomic E-state index is 6.51. The van der Waals surface area contributed by atoms with Crippen LogP contribution >= 0.6 is 0 Å². The van der Waals surface area contributed by atoms with Crippen LogP contribution in [0, 0.1) is 12.1 Å². The van der Waals surface area contributed by atoms with E-state index in [4.69, 9.17) is 14.7 Å². The van der Waals surface area contributed by atoms with E-state index < -0.39 is 0 Å². The number of nitrogens with zero attached hydrogens (tertiary/aromatic N) is 3. The minimum absolute atomic E-state index is 0. The van der Waals surface area contributed by atoms with E-state index in [0.717, 1.165) is 60.4 Å². The Morgan fingerprint density at radius 2 is 1.44 bits per heavy atom. The van der Waals surface area contributed by atoms with Crippen molar-refractivity contribution < 1.29 is 25.8 Å². The van der Waals surface area contributed by atoms with Gasteiger partial charge in [0.1, 0.15) is 0 Å². The van der Waals surface area contributed by atoms with E-state index in [9.17, 15) is 0 Å². The van der Waals surface area contributed by atoms with Crippen LogP contribution in [0.5, 0.6) is 11.5 Å². The average molecular weight is 737 g/mol. The third-order valence-electron chi connectivity index (χ3n) is 8.01. The van der Waals surface area contributed by atoms with Crippen LogP contribution in [-0.2, 0) is 26.5 Å². The quantitative estimate of drug-likeness (QED) is 0.134. The number of fused-ring (bicyclic) bond motifs is 9. The van der Waals surface area contributed by atoms with Gasteiger partial charge in [0, 0.05) is 23.2 Å². The van der Waals surface area contributed by atoms with E-state index in [0.29, 0.717) is 11.5 Å². The number of benzene rings is 5. The van der Waals surface area contributed by atoms with Crippen LogP contribution in [0.25, 0.3) is 60.4 Å². The molecule has 43 heavy (non-hydrogen) atoms. The summed E-state index contributed by atoms with van der Waals surface area (Å²) in [6, 6.07) is 42.5. The molecule has 0 saturated carbocycles. The zero-order chi connectivity index (χ0) is 28.4. The van der Waals surface area contributed by atoms with Crippen molar-refractivity contribution in [1.82, 2.24) is 14.4 Å². The smallest absolute Gasteiger partial charge is 0.497 e. The molecule has 0 amide bonds. The van der Waals surface area contributed by atoms with Crippen molar-refractivity contribution in [3.05, 3.63) is 127 Å². The topological polar surface area (TPSA) is 39.4 Å². The Balaban J connectivity index is 0.00000300. The van der Waals surface area contributed by atoms with Crippen LogP contribution in [0.4, 0.5) is 0 Å². The minimum Gasteiger partial charge on any atom is -0.497 e. The molecule has 0 atom stereocenters. The molecule has 5 heteroatoms. The second kappa shape index (κ2) is 10.3. The van der Waals surface area contributed by atoms with Gasteiger partial charge in [-0.2, -0.15) is 0 Å². The van der Waals surface area contributed by atoms with E-state index in [2.05, 4.69) is 116 Å². The summed E-state index contributed by atoms with van der Waals surface area (Å²) in [5.41, 5.74) is 7.04. The van der Waals surface area contributed by atoms with Gasteiger partial charge in [-0.15, -0.1) is 11.6 Å². The summed E-state index contributed by atoms with van der Waals surface area (Å²) in [7, 11) is 0. The van der Waals surface area contributed by atoms with Crippen molar-refractivity contribution in [1.29, 1.82) is 0 Å². The Bertz CT molecular complexity index is 2330. The summed E-state index contributed by atoms with van der Waals surface area (Å²) in [6.45, 7) is 6.64. The maximum atomic E-state index is 6.51. The summed E-state index contributed by atoms with van der Waals surface area (Å²) in [5.74, 6) is 1.23. The summed E-state index contributed by atoms with van der Waals surface area (Å²) < 4.78 is 8.74. The van der Waals surface area contributed by atoms with E-state index in [1.165, 1.54) is 5.56 Å². The fourth-order valence-electron chi connectivity index (χ4n) is 5.90. The largest absolute Gasteiger partial charge is 2.00 e. The Kier molecular flexibility index (Phi) is 6.56. The van der Waals surface area contributed by atoms with Crippen LogP contribution in [0.3, 0.4) is 0 Å². The molecule has 3 heterocycles. The first-order chi connectivity index (χ1) is 20.4. The van der Waals surface area contributed by atoms with Gasteiger partial charge in [0.2, 0.25) is 0 Å². The van der Waals surface area contributed by atoms with Crippen molar-refractivity contribution in [2.45, 2.75) is 26.2 Å². The monoisotopic (exact) mass is 736 g/mol. The molecule has 0 aliphatic rings.